The molecule has 0 bridgehead atoms. The molecule has 94 valence electrons. The summed E-state index contributed by atoms with van der Waals surface area (Å²) in [7, 11) is 1.77. The SMILES string of the molecule is CNCC(=O)NCC(C)(C)c1cccc(C)c1. The molecule has 0 aliphatic carbocycles. The van der Waals surface area contributed by atoms with Crippen LogP contribution in [0.15, 0.2) is 24.3 Å². The maximum Gasteiger partial charge on any atom is 0.233 e. The van der Waals surface area contributed by atoms with Crippen LogP contribution in [0.4, 0.5) is 0 Å². The van der Waals surface area contributed by atoms with Gasteiger partial charge in [-0.3, -0.25) is 4.79 Å². The summed E-state index contributed by atoms with van der Waals surface area (Å²) in [5.74, 6) is 0.0354. The van der Waals surface area contributed by atoms with Crippen LogP contribution in [-0.2, 0) is 10.2 Å². The Bertz CT molecular complexity index is 386. The number of hydrogen-bond donors (Lipinski definition) is 2. The highest BCUT2D eigenvalue weighted by Gasteiger charge is 2.21. The Balaban J connectivity index is 2.65. The predicted molar refractivity (Wildman–Crippen MR) is 71.1 cm³/mol. The van der Waals surface area contributed by atoms with E-state index in [2.05, 4.69) is 55.7 Å². The lowest BCUT2D eigenvalue weighted by atomic mass is 9.84. The predicted octanol–water partition coefficient (Wildman–Crippen LogP) is 1.61. The molecule has 1 aromatic rings. The smallest absolute Gasteiger partial charge is 0.233 e. The molecular formula is C14H22N2O. The molecule has 1 rings (SSSR count). The third-order valence-electron chi connectivity index (χ3n) is 2.86. The Morgan fingerprint density at radius 1 is 1.35 bits per heavy atom. The highest BCUT2D eigenvalue weighted by Crippen LogP contribution is 2.22. The molecule has 1 amide bonds. The number of benzene rings is 1. The second-order valence-corrected chi connectivity index (χ2v) is 5.06. The second-order valence-electron chi connectivity index (χ2n) is 5.06. The lowest BCUT2D eigenvalue weighted by Gasteiger charge is -2.26. The van der Waals surface area contributed by atoms with Crippen molar-refractivity contribution in [2.45, 2.75) is 26.2 Å². The Morgan fingerprint density at radius 2 is 2.06 bits per heavy atom. The van der Waals surface area contributed by atoms with Gasteiger partial charge in [0.25, 0.3) is 0 Å². The van der Waals surface area contributed by atoms with E-state index in [4.69, 9.17) is 0 Å². The fraction of sp³-hybridized carbons (Fsp3) is 0.500. The fourth-order valence-electron chi connectivity index (χ4n) is 1.71. The quantitative estimate of drug-likeness (QED) is 0.812. The van der Waals surface area contributed by atoms with E-state index in [1.54, 1.807) is 7.05 Å². The number of carbonyl (C=O) groups is 1. The lowest BCUT2D eigenvalue weighted by molar-refractivity contribution is -0.120. The molecule has 17 heavy (non-hydrogen) atoms. The zero-order chi connectivity index (χ0) is 12.9. The molecule has 3 nitrogen and oxygen atoms in total. The minimum absolute atomic E-state index is 0.0354. The van der Waals surface area contributed by atoms with Gasteiger partial charge in [0.1, 0.15) is 0 Å². The average Bonchev–Trinajstić information content (AvgIpc) is 2.27. The molecule has 0 aliphatic rings. The van der Waals surface area contributed by atoms with Crippen LogP contribution in [-0.4, -0.2) is 26.0 Å². The summed E-state index contributed by atoms with van der Waals surface area (Å²) in [5, 5.41) is 5.78. The van der Waals surface area contributed by atoms with Crippen LogP contribution < -0.4 is 10.6 Å². The van der Waals surface area contributed by atoms with Gasteiger partial charge in [0, 0.05) is 12.0 Å². The molecule has 0 aromatic heterocycles. The Kier molecular flexibility index (Phi) is 4.70. The molecule has 0 saturated carbocycles. The van der Waals surface area contributed by atoms with E-state index in [9.17, 15) is 4.79 Å². The van der Waals surface area contributed by atoms with Crippen LogP contribution in [0.1, 0.15) is 25.0 Å². The Morgan fingerprint density at radius 3 is 2.65 bits per heavy atom. The van der Waals surface area contributed by atoms with Gasteiger partial charge in [0.05, 0.1) is 6.54 Å². The first-order valence-electron chi connectivity index (χ1n) is 5.94. The van der Waals surface area contributed by atoms with Crippen LogP contribution in [0.25, 0.3) is 0 Å². The van der Waals surface area contributed by atoms with Crippen LogP contribution in [0.5, 0.6) is 0 Å². The van der Waals surface area contributed by atoms with E-state index in [-0.39, 0.29) is 11.3 Å². The van der Waals surface area contributed by atoms with E-state index < -0.39 is 0 Å². The molecule has 2 N–H and O–H groups in total. The molecule has 3 heteroatoms. The molecule has 0 atom stereocenters. The summed E-state index contributed by atoms with van der Waals surface area (Å²) in [5.41, 5.74) is 2.45. The first-order valence-corrected chi connectivity index (χ1v) is 5.94. The summed E-state index contributed by atoms with van der Waals surface area (Å²) in [4.78, 5) is 11.4. The molecule has 0 radical (unpaired) electrons. The van der Waals surface area contributed by atoms with Gasteiger partial charge in [-0.05, 0) is 19.5 Å². The minimum Gasteiger partial charge on any atom is -0.354 e. The van der Waals surface area contributed by atoms with Crippen LogP contribution in [0.3, 0.4) is 0 Å². The number of aryl methyl sites for hydroxylation is 1. The molecule has 0 unspecified atom stereocenters. The third-order valence-corrected chi connectivity index (χ3v) is 2.86. The van der Waals surface area contributed by atoms with Gasteiger partial charge in [-0.15, -0.1) is 0 Å². The summed E-state index contributed by atoms with van der Waals surface area (Å²) in [6.07, 6.45) is 0. The van der Waals surface area contributed by atoms with Crippen LogP contribution >= 0.6 is 0 Å². The van der Waals surface area contributed by atoms with Crippen molar-refractivity contribution in [3.05, 3.63) is 35.4 Å². The Labute approximate surface area is 104 Å². The molecule has 1 aromatic carbocycles. The summed E-state index contributed by atoms with van der Waals surface area (Å²) in [6, 6.07) is 8.42. The monoisotopic (exact) mass is 234 g/mol. The van der Waals surface area contributed by atoms with Crippen molar-refractivity contribution in [2.75, 3.05) is 20.1 Å². The number of rotatable bonds is 5. The van der Waals surface area contributed by atoms with Crippen molar-refractivity contribution in [2.24, 2.45) is 0 Å². The average molecular weight is 234 g/mol. The van der Waals surface area contributed by atoms with Gasteiger partial charge >= 0.3 is 0 Å². The highest BCUT2D eigenvalue weighted by molar-refractivity contribution is 5.78. The standard InChI is InChI=1S/C14H22N2O/c1-11-6-5-7-12(8-11)14(2,3)10-16-13(17)9-15-4/h5-8,15H,9-10H2,1-4H3,(H,16,17). The van der Waals surface area contributed by atoms with Gasteiger partial charge in [0.15, 0.2) is 0 Å². The summed E-state index contributed by atoms with van der Waals surface area (Å²) < 4.78 is 0. The largest absolute Gasteiger partial charge is 0.354 e. The zero-order valence-corrected chi connectivity index (χ0v) is 11.1. The summed E-state index contributed by atoms with van der Waals surface area (Å²) >= 11 is 0. The van der Waals surface area contributed by atoms with Crippen molar-refractivity contribution in [3.63, 3.8) is 0 Å². The number of nitrogens with one attached hydrogen (secondary N) is 2. The Hall–Kier alpha value is -1.35. The van der Waals surface area contributed by atoms with Crippen molar-refractivity contribution in [1.29, 1.82) is 0 Å². The van der Waals surface area contributed by atoms with E-state index in [0.717, 1.165) is 0 Å². The number of hydrogen-bond acceptors (Lipinski definition) is 2. The first-order chi connectivity index (χ1) is 7.95. The lowest BCUT2D eigenvalue weighted by Crippen LogP contribution is -2.40. The fourth-order valence-corrected chi connectivity index (χ4v) is 1.71. The maximum atomic E-state index is 11.4. The number of amides is 1. The van der Waals surface area contributed by atoms with Crippen molar-refractivity contribution in [3.8, 4) is 0 Å². The zero-order valence-electron chi connectivity index (χ0n) is 11.1. The number of likely N-dealkylation sites (N-methyl/N-ethyl adjacent to an activating group) is 1. The van der Waals surface area contributed by atoms with Crippen molar-refractivity contribution in [1.82, 2.24) is 10.6 Å². The molecule has 0 aliphatic heterocycles. The van der Waals surface area contributed by atoms with Crippen molar-refractivity contribution < 1.29 is 4.79 Å². The second kappa shape index (κ2) is 5.82. The molecule has 0 heterocycles. The summed E-state index contributed by atoms with van der Waals surface area (Å²) in [6.45, 7) is 7.38. The first kappa shape index (κ1) is 13.7. The maximum absolute atomic E-state index is 11.4. The van der Waals surface area contributed by atoms with Gasteiger partial charge in [-0.25, -0.2) is 0 Å². The molecule has 0 spiro atoms. The number of carbonyl (C=O) groups excluding carboxylic acids is 1. The molecular weight excluding hydrogens is 212 g/mol. The minimum atomic E-state index is -0.0462. The normalized spacial score (nSPS) is 11.3. The van der Waals surface area contributed by atoms with Gasteiger partial charge in [-0.1, -0.05) is 43.7 Å². The molecule has 0 saturated heterocycles. The van der Waals surface area contributed by atoms with E-state index >= 15 is 0 Å². The van der Waals surface area contributed by atoms with Crippen LogP contribution in [0.2, 0.25) is 0 Å². The molecule has 0 fully saturated rings. The van der Waals surface area contributed by atoms with Gasteiger partial charge < -0.3 is 10.6 Å². The highest BCUT2D eigenvalue weighted by atomic mass is 16.1. The van der Waals surface area contributed by atoms with Gasteiger partial charge in [-0.2, -0.15) is 0 Å². The third kappa shape index (κ3) is 4.19. The van der Waals surface area contributed by atoms with E-state index in [1.165, 1.54) is 11.1 Å². The van der Waals surface area contributed by atoms with Crippen molar-refractivity contribution >= 4 is 5.91 Å². The van der Waals surface area contributed by atoms with Crippen LogP contribution in [0, 0.1) is 6.92 Å². The van der Waals surface area contributed by atoms with E-state index in [0.29, 0.717) is 13.1 Å². The van der Waals surface area contributed by atoms with Gasteiger partial charge in [0.2, 0.25) is 5.91 Å². The topological polar surface area (TPSA) is 41.1 Å². The van der Waals surface area contributed by atoms with E-state index in [1.807, 2.05) is 0 Å².